The van der Waals surface area contributed by atoms with Crippen LogP contribution in [0.25, 0.3) is 0 Å². The van der Waals surface area contributed by atoms with E-state index in [4.69, 9.17) is 9.47 Å². The van der Waals surface area contributed by atoms with Crippen LogP contribution in [0.3, 0.4) is 0 Å². The Bertz CT molecular complexity index is 289. The highest BCUT2D eigenvalue weighted by atomic mass is 16.5. The minimum Gasteiger partial charge on any atom is -0.466 e. The highest BCUT2D eigenvalue weighted by Gasteiger charge is 2.21. The van der Waals surface area contributed by atoms with Crippen LogP contribution in [0.4, 0.5) is 0 Å². The molecule has 0 saturated carbocycles. The number of ether oxygens (including phenoxy) is 2. The largest absolute Gasteiger partial charge is 0.466 e. The molecule has 0 unspecified atom stereocenters. The molecule has 0 aromatic heterocycles. The van der Waals surface area contributed by atoms with Gasteiger partial charge in [0.25, 0.3) is 0 Å². The second kappa shape index (κ2) is 11.6. The van der Waals surface area contributed by atoms with Crippen LogP contribution in [-0.4, -0.2) is 24.6 Å². The number of carbonyl (C=O) groups excluding carboxylic acids is 2. The Morgan fingerprint density at radius 1 is 0.857 bits per heavy atom. The number of carbonyl (C=O) groups is 2. The van der Waals surface area contributed by atoms with Crippen molar-refractivity contribution in [2.45, 2.75) is 79.2 Å². The molecule has 0 bridgehead atoms. The fraction of sp³-hybridized carbons (Fsp3) is 0.882. The predicted molar refractivity (Wildman–Crippen MR) is 83.9 cm³/mol. The maximum atomic E-state index is 11.8. The first kappa shape index (κ1) is 19.9. The van der Waals surface area contributed by atoms with E-state index in [0.29, 0.717) is 24.9 Å². The molecule has 0 aliphatic carbocycles. The number of unbranched alkanes of at least 4 members (excludes halogenated alkanes) is 2. The topological polar surface area (TPSA) is 52.6 Å². The third-order valence-corrected chi connectivity index (χ3v) is 3.35. The van der Waals surface area contributed by atoms with Gasteiger partial charge < -0.3 is 9.47 Å². The van der Waals surface area contributed by atoms with Gasteiger partial charge in [-0.1, -0.05) is 47.5 Å². The van der Waals surface area contributed by atoms with Gasteiger partial charge in [0, 0.05) is 12.8 Å². The van der Waals surface area contributed by atoms with Crippen molar-refractivity contribution in [3.8, 4) is 0 Å². The van der Waals surface area contributed by atoms with Gasteiger partial charge in [0.05, 0.1) is 6.61 Å². The first-order chi connectivity index (χ1) is 9.88. The Labute approximate surface area is 129 Å². The van der Waals surface area contributed by atoms with Gasteiger partial charge in [-0.3, -0.25) is 9.59 Å². The molecule has 0 heterocycles. The highest BCUT2D eigenvalue weighted by Crippen LogP contribution is 2.17. The van der Waals surface area contributed by atoms with Crippen molar-refractivity contribution in [1.82, 2.24) is 0 Å². The fourth-order valence-corrected chi connectivity index (χ4v) is 2.24. The van der Waals surface area contributed by atoms with Gasteiger partial charge in [0.15, 0.2) is 0 Å². The lowest BCUT2D eigenvalue weighted by Crippen LogP contribution is -2.28. The standard InChI is InChI=1S/C17H32O4/c1-6-7-8-12-20-15(18)10-9-11-16(19)21-17(13(2)3)14(4)5/h13-14,17H,6-12H2,1-5H3. The second-order valence-electron chi connectivity index (χ2n) is 6.22. The summed E-state index contributed by atoms with van der Waals surface area (Å²) >= 11 is 0. The van der Waals surface area contributed by atoms with Crippen LogP contribution in [0.1, 0.15) is 73.1 Å². The number of rotatable bonds is 11. The van der Waals surface area contributed by atoms with Gasteiger partial charge in [0.2, 0.25) is 0 Å². The lowest BCUT2D eigenvalue weighted by Gasteiger charge is -2.24. The quantitative estimate of drug-likeness (QED) is 0.425. The predicted octanol–water partition coefficient (Wildman–Crippen LogP) is 4.11. The molecule has 124 valence electrons. The Balaban J connectivity index is 3.80. The van der Waals surface area contributed by atoms with Gasteiger partial charge in [-0.15, -0.1) is 0 Å². The average molecular weight is 300 g/mol. The van der Waals surface area contributed by atoms with E-state index in [1.165, 1.54) is 0 Å². The summed E-state index contributed by atoms with van der Waals surface area (Å²) < 4.78 is 10.6. The lowest BCUT2D eigenvalue weighted by atomic mass is 9.96. The zero-order valence-electron chi connectivity index (χ0n) is 14.3. The molecule has 0 saturated heterocycles. The van der Waals surface area contributed by atoms with Crippen molar-refractivity contribution in [2.75, 3.05) is 6.61 Å². The SMILES string of the molecule is CCCCCOC(=O)CCCC(=O)OC(C(C)C)C(C)C. The molecule has 0 fully saturated rings. The number of esters is 2. The van der Waals surface area contributed by atoms with Gasteiger partial charge in [0.1, 0.15) is 6.10 Å². The molecule has 0 aromatic carbocycles. The fourth-order valence-electron chi connectivity index (χ4n) is 2.24. The molecule has 4 heteroatoms. The molecule has 0 aromatic rings. The molecule has 0 aliphatic rings. The van der Waals surface area contributed by atoms with Crippen LogP contribution in [0.5, 0.6) is 0 Å². The van der Waals surface area contributed by atoms with Crippen LogP contribution in [-0.2, 0) is 19.1 Å². The number of hydrogen-bond donors (Lipinski definition) is 0. The summed E-state index contributed by atoms with van der Waals surface area (Å²) in [7, 11) is 0. The van der Waals surface area contributed by atoms with Gasteiger partial charge in [-0.05, 0) is 24.7 Å². The molecule has 21 heavy (non-hydrogen) atoms. The normalized spacial score (nSPS) is 11.2. The van der Waals surface area contributed by atoms with Crippen molar-refractivity contribution >= 4 is 11.9 Å². The Hall–Kier alpha value is -1.06. The van der Waals surface area contributed by atoms with E-state index in [1.807, 2.05) is 27.7 Å². The van der Waals surface area contributed by atoms with E-state index >= 15 is 0 Å². The van der Waals surface area contributed by atoms with E-state index in [0.717, 1.165) is 19.3 Å². The monoisotopic (exact) mass is 300 g/mol. The van der Waals surface area contributed by atoms with Gasteiger partial charge in [-0.2, -0.15) is 0 Å². The Morgan fingerprint density at radius 3 is 1.95 bits per heavy atom. The summed E-state index contributed by atoms with van der Waals surface area (Å²) in [6.07, 6.45) is 4.10. The molecule has 4 nitrogen and oxygen atoms in total. The summed E-state index contributed by atoms with van der Waals surface area (Å²) in [5.41, 5.74) is 0. The molecule has 0 N–H and O–H groups in total. The smallest absolute Gasteiger partial charge is 0.306 e. The van der Waals surface area contributed by atoms with Crippen LogP contribution >= 0.6 is 0 Å². The van der Waals surface area contributed by atoms with Crippen LogP contribution < -0.4 is 0 Å². The molecule has 0 aliphatic heterocycles. The summed E-state index contributed by atoms with van der Waals surface area (Å²) in [6.45, 7) is 10.8. The third kappa shape index (κ3) is 10.3. The van der Waals surface area contributed by atoms with E-state index in [-0.39, 0.29) is 30.9 Å². The summed E-state index contributed by atoms with van der Waals surface area (Å²) in [5.74, 6) is 0.166. The molecule has 0 amide bonds. The first-order valence-electron chi connectivity index (χ1n) is 8.23. The Kier molecular flexibility index (Phi) is 11.0. The average Bonchev–Trinajstić information content (AvgIpc) is 2.40. The van der Waals surface area contributed by atoms with Crippen molar-refractivity contribution in [2.24, 2.45) is 11.8 Å². The van der Waals surface area contributed by atoms with Crippen molar-refractivity contribution < 1.29 is 19.1 Å². The summed E-state index contributed by atoms with van der Waals surface area (Å²) in [6, 6.07) is 0. The van der Waals surface area contributed by atoms with Crippen molar-refractivity contribution in [3.05, 3.63) is 0 Å². The lowest BCUT2D eigenvalue weighted by molar-refractivity contribution is -0.154. The first-order valence-corrected chi connectivity index (χ1v) is 8.23. The molecule has 0 spiro atoms. The van der Waals surface area contributed by atoms with E-state index < -0.39 is 0 Å². The minimum absolute atomic E-state index is 0.0569. The summed E-state index contributed by atoms with van der Waals surface area (Å²) in [4.78, 5) is 23.2. The molecule has 0 rings (SSSR count). The summed E-state index contributed by atoms with van der Waals surface area (Å²) in [5, 5.41) is 0. The molecule has 0 radical (unpaired) electrons. The Morgan fingerprint density at radius 2 is 1.43 bits per heavy atom. The highest BCUT2D eigenvalue weighted by molar-refractivity contribution is 5.72. The molecular formula is C17H32O4. The molecule has 0 atom stereocenters. The van der Waals surface area contributed by atoms with Crippen LogP contribution in [0, 0.1) is 11.8 Å². The molecular weight excluding hydrogens is 268 g/mol. The van der Waals surface area contributed by atoms with E-state index in [1.54, 1.807) is 0 Å². The third-order valence-electron chi connectivity index (χ3n) is 3.35. The van der Waals surface area contributed by atoms with Crippen LogP contribution in [0.2, 0.25) is 0 Å². The van der Waals surface area contributed by atoms with Gasteiger partial charge >= 0.3 is 11.9 Å². The van der Waals surface area contributed by atoms with Crippen molar-refractivity contribution in [3.63, 3.8) is 0 Å². The number of hydrogen-bond acceptors (Lipinski definition) is 4. The maximum absolute atomic E-state index is 11.8. The zero-order chi connectivity index (χ0) is 16.3. The van der Waals surface area contributed by atoms with Gasteiger partial charge in [-0.25, -0.2) is 0 Å². The van der Waals surface area contributed by atoms with E-state index in [2.05, 4.69) is 6.92 Å². The van der Waals surface area contributed by atoms with Crippen LogP contribution in [0.15, 0.2) is 0 Å². The van der Waals surface area contributed by atoms with E-state index in [9.17, 15) is 9.59 Å². The van der Waals surface area contributed by atoms with Crippen molar-refractivity contribution in [1.29, 1.82) is 0 Å². The zero-order valence-corrected chi connectivity index (χ0v) is 14.3. The minimum atomic E-state index is -0.221. The maximum Gasteiger partial charge on any atom is 0.306 e. The second-order valence-corrected chi connectivity index (χ2v) is 6.22.